The first kappa shape index (κ1) is 37.4. The van der Waals surface area contributed by atoms with Crippen molar-refractivity contribution in [1.29, 1.82) is 0 Å². The molecule has 2 aromatic carbocycles. The molecule has 2 aliphatic heterocycles. The van der Waals surface area contributed by atoms with Gasteiger partial charge in [-0.3, -0.25) is 4.79 Å². The summed E-state index contributed by atoms with van der Waals surface area (Å²) in [7, 11) is 1.46. The van der Waals surface area contributed by atoms with Crippen LogP contribution in [0.1, 0.15) is 12.0 Å². The van der Waals surface area contributed by atoms with Crippen molar-refractivity contribution in [2.75, 3.05) is 26.9 Å². The third-order valence-corrected chi connectivity index (χ3v) is 8.09. The number of aliphatic hydroxyl groups excluding tert-OH is 7. The molecule has 0 bridgehead atoms. The fraction of sp³-hybridized carbons (Fsp3) is 0.548. The van der Waals surface area contributed by atoms with Gasteiger partial charge in [0.25, 0.3) is 5.79 Å². The van der Waals surface area contributed by atoms with Gasteiger partial charge >= 0.3 is 5.97 Å². The molecule has 0 saturated carbocycles. The van der Waals surface area contributed by atoms with Crippen LogP contribution >= 0.6 is 0 Å². The molecule has 2 saturated heterocycles. The van der Waals surface area contributed by atoms with Gasteiger partial charge in [0, 0.05) is 19.5 Å². The predicted octanol–water partition coefficient (Wildman–Crippen LogP) is -3.18. The zero-order chi connectivity index (χ0) is 35.0. The molecule has 17 nitrogen and oxygen atoms in total. The van der Waals surface area contributed by atoms with Crippen LogP contribution in [0.2, 0.25) is 0 Å². The van der Waals surface area contributed by atoms with E-state index in [0.29, 0.717) is 12.3 Å². The number of hydrogen-bond acceptors (Lipinski definition) is 15. The molecule has 4 rings (SSSR count). The van der Waals surface area contributed by atoms with Crippen LogP contribution in [0, 0.1) is 0 Å². The average molecular weight is 683 g/mol. The third-order valence-electron chi connectivity index (χ3n) is 8.09. The van der Waals surface area contributed by atoms with Crippen molar-refractivity contribution in [3.05, 3.63) is 60.2 Å². The minimum Gasteiger partial charge on any atom is -0.497 e. The number of amides is 1. The molecule has 0 aliphatic carbocycles. The van der Waals surface area contributed by atoms with Crippen molar-refractivity contribution in [3.8, 4) is 11.5 Å². The van der Waals surface area contributed by atoms with Gasteiger partial charge in [0.05, 0.1) is 32.0 Å². The van der Waals surface area contributed by atoms with Crippen LogP contribution in [0.3, 0.4) is 0 Å². The number of methoxy groups -OCH3 is 1. The number of ether oxygens (including phenoxy) is 5. The maximum absolute atomic E-state index is 12.6. The number of aliphatic carboxylic acids is 1. The van der Waals surface area contributed by atoms with E-state index < -0.39 is 98.5 Å². The van der Waals surface area contributed by atoms with Crippen molar-refractivity contribution in [2.24, 2.45) is 0 Å². The van der Waals surface area contributed by atoms with E-state index in [1.165, 1.54) is 19.2 Å². The molecule has 10 N–H and O–H groups in total. The lowest BCUT2D eigenvalue weighted by atomic mass is 9.88. The molecule has 2 fully saturated rings. The summed E-state index contributed by atoms with van der Waals surface area (Å²) in [6.07, 6.45) is -16.3. The minimum atomic E-state index is -2.74. The number of rotatable bonds is 15. The number of nitrogens with one attached hydrogen (secondary N) is 2. The van der Waals surface area contributed by atoms with Gasteiger partial charge in [-0.15, -0.1) is 0 Å². The molecule has 1 amide bonds. The maximum atomic E-state index is 12.6. The van der Waals surface area contributed by atoms with Crippen LogP contribution in [0.4, 0.5) is 0 Å². The van der Waals surface area contributed by atoms with Gasteiger partial charge in [0.1, 0.15) is 54.7 Å². The first-order valence-electron chi connectivity index (χ1n) is 15.1. The largest absolute Gasteiger partial charge is 0.497 e. The molecule has 0 unspecified atom stereocenters. The highest BCUT2D eigenvalue weighted by atomic mass is 16.7. The highest BCUT2D eigenvalue weighted by Gasteiger charge is 2.57. The van der Waals surface area contributed by atoms with Crippen LogP contribution in [0.5, 0.6) is 11.5 Å². The molecule has 0 spiro atoms. The summed E-state index contributed by atoms with van der Waals surface area (Å²) in [6, 6.07) is 13.7. The van der Waals surface area contributed by atoms with Crippen LogP contribution in [-0.2, 0) is 30.3 Å². The van der Waals surface area contributed by atoms with Gasteiger partial charge in [0.2, 0.25) is 12.2 Å². The lowest BCUT2D eigenvalue weighted by Gasteiger charge is -2.47. The summed E-state index contributed by atoms with van der Waals surface area (Å²) in [5.41, 5.74) is 0.872. The van der Waals surface area contributed by atoms with Gasteiger partial charge in [0.15, 0.2) is 0 Å². The second-order valence-corrected chi connectivity index (χ2v) is 11.5. The van der Waals surface area contributed by atoms with E-state index in [-0.39, 0.29) is 12.3 Å². The Morgan fingerprint density at radius 1 is 0.979 bits per heavy atom. The van der Waals surface area contributed by atoms with Crippen molar-refractivity contribution in [2.45, 2.75) is 79.9 Å². The van der Waals surface area contributed by atoms with Crippen molar-refractivity contribution in [3.63, 3.8) is 0 Å². The monoisotopic (exact) mass is 682 g/mol. The highest BCUT2D eigenvalue weighted by Crippen LogP contribution is 2.35. The minimum absolute atomic E-state index is 0.202. The molecule has 2 heterocycles. The normalized spacial score (nSPS) is 31.8. The van der Waals surface area contributed by atoms with E-state index in [1.54, 1.807) is 12.1 Å². The van der Waals surface area contributed by atoms with Gasteiger partial charge in [-0.2, -0.15) is 0 Å². The predicted molar refractivity (Wildman–Crippen MR) is 161 cm³/mol. The molecule has 266 valence electrons. The number of carboxylic acids is 1. The molecule has 0 radical (unpaired) electrons. The zero-order valence-corrected chi connectivity index (χ0v) is 25.9. The lowest BCUT2D eigenvalue weighted by Crippen LogP contribution is -2.69. The van der Waals surface area contributed by atoms with E-state index in [9.17, 15) is 50.4 Å². The number of hydrogen-bond donors (Lipinski definition) is 10. The summed E-state index contributed by atoms with van der Waals surface area (Å²) < 4.78 is 27.7. The number of carbonyl (C=O) groups is 2. The Bertz CT molecular complexity index is 1320. The Balaban J connectivity index is 1.49. The number of benzene rings is 2. The van der Waals surface area contributed by atoms with E-state index in [2.05, 4.69) is 10.6 Å². The van der Waals surface area contributed by atoms with Crippen molar-refractivity contribution < 1.29 is 74.1 Å². The summed E-state index contributed by atoms with van der Waals surface area (Å²) >= 11 is 0. The standard InChI is InChI=1S/C31H42N2O15/c1-44-17-7-9-18(10-8-17)46-29-27(41)26(40)25(39)21(47-29)15-45-31(30(42)43)11-19(35)23(33-22(37)14-34)28(48-31)24(38)20(36)13-32-12-16-5-3-2-4-6-16/h2-10,19-21,23-29,32,34-36,38-41H,11-15H2,1H3,(H,33,37)(H,42,43)/t19-,20+,21+,23+,24+,25-,26-,27+,28+,29+,31+/m0/s1. The zero-order valence-electron chi connectivity index (χ0n) is 25.9. The summed E-state index contributed by atoms with van der Waals surface area (Å²) in [5, 5.41) is 89.3. The summed E-state index contributed by atoms with van der Waals surface area (Å²) in [5.74, 6) is -4.78. The Kier molecular flexibility index (Phi) is 13.1. The summed E-state index contributed by atoms with van der Waals surface area (Å²) in [4.78, 5) is 24.7. The smallest absolute Gasteiger partial charge is 0.364 e. The fourth-order valence-corrected chi connectivity index (χ4v) is 5.40. The fourth-order valence-electron chi connectivity index (χ4n) is 5.40. The second-order valence-electron chi connectivity index (χ2n) is 11.5. The maximum Gasteiger partial charge on any atom is 0.364 e. The first-order valence-corrected chi connectivity index (χ1v) is 15.1. The molecule has 2 aromatic rings. The molecule has 0 aromatic heterocycles. The number of carboxylic acid groups (broad SMARTS) is 1. The van der Waals surface area contributed by atoms with Gasteiger partial charge in [-0.05, 0) is 29.8 Å². The van der Waals surface area contributed by atoms with Crippen LogP contribution in [0.25, 0.3) is 0 Å². The number of aliphatic hydroxyl groups is 7. The Morgan fingerprint density at radius 3 is 2.27 bits per heavy atom. The SMILES string of the molecule is COc1ccc(O[C@@H]2O[C@H](CO[C@]3(C(=O)O)C[C@H](O)[C@@H](NC(=O)CO)[C@H]([C@H](O)[C@H](O)CNCc4ccccc4)O3)[C@H](O)[C@H](O)[C@H]2O)cc1. The van der Waals surface area contributed by atoms with Crippen LogP contribution in [-0.4, -0.2) is 147 Å². The molecule has 2 aliphatic rings. The first-order chi connectivity index (χ1) is 22.9. The third kappa shape index (κ3) is 8.95. The Labute approximate surface area is 275 Å². The van der Waals surface area contributed by atoms with Gasteiger partial charge in [-0.1, -0.05) is 30.3 Å². The van der Waals surface area contributed by atoms with E-state index in [1.807, 2.05) is 30.3 Å². The van der Waals surface area contributed by atoms with E-state index in [0.717, 1.165) is 5.56 Å². The second kappa shape index (κ2) is 16.8. The van der Waals surface area contributed by atoms with Crippen molar-refractivity contribution in [1.82, 2.24) is 10.6 Å². The van der Waals surface area contributed by atoms with Gasteiger partial charge < -0.3 is 75.2 Å². The highest BCUT2D eigenvalue weighted by molar-refractivity contribution is 5.78. The van der Waals surface area contributed by atoms with Crippen LogP contribution in [0.15, 0.2) is 54.6 Å². The molecular weight excluding hydrogens is 640 g/mol. The quantitative estimate of drug-likeness (QED) is 0.0887. The Hall–Kier alpha value is -3.46. The van der Waals surface area contributed by atoms with E-state index in [4.69, 9.17) is 23.7 Å². The molecule has 11 atom stereocenters. The van der Waals surface area contributed by atoms with Gasteiger partial charge in [-0.25, -0.2) is 4.79 Å². The average Bonchev–Trinajstić information content (AvgIpc) is 3.09. The van der Waals surface area contributed by atoms with Crippen LogP contribution < -0.4 is 20.1 Å². The molecular formula is C31H42N2O15. The van der Waals surface area contributed by atoms with E-state index >= 15 is 0 Å². The summed E-state index contributed by atoms with van der Waals surface area (Å²) in [6.45, 7) is -1.71. The Morgan fingerprint density at radius 2 is 1.65 bits per heavy atom. The molecule has 48 heavy (non-hydrogen) atoms. The molecule has 17 heteroatoms. The van der Waals surface area contributed by atoms with Crippen molar-refractivity contribution >= 4 is 11.9 Å². The topological polar surface area (TPSA) is 266 Å². The lowest BCUT2D eigenvalue weighted by molar-refractivity contribution is -0.331. The number of carbonyl (C=O) groups excluding carboxylic acids is 1.